The van der Waals surface area contributed by atoms with Crippen molar-refractivity contribution in [1.82, 2.24) is 15.1 Å². The zero-order valence-electron chi connectivity index (χ0n) is 15.0. The minimum Gasteiger partial charge on any atom is -0.357 e. The number of likely N-dealkylation sites (tertiary alicyclic amines) is 1. The Morgan fingerprint density at radius 1 is 1.46 bits per heavy atom. The molecule has 0 aliphatic carbocycles. The highest BCUT2D eigenvalue weighted by atomic mass is 127. The first-order chi connectivity index (χ1) is 11.1. The van der Waals surface area contributed by atoms with Gasteiger partial charge in [-0.25, -0.2) is 0 Å². The Bertz CT molecular complexity index is 523. The summed E-state index contributed by atoms with van der Waals surface area (Å²) in [6.45, 7) is 7.06. The quantitative estimate of drug-likeness (QED) is 0.409. The van der Waals surface area contributed by atoms with Crippen LogP contribution in [0.3, 0.4) is 0 Å². The van der Waals surface area contributed by atoms with E-state index in [0.717, 1.165) is 37.2 Å². The van der Waals surface area contributed by atoms with Crippen molar-refractivity contribution < 1.29 is 0 Å². The van der Waals surface area contributed by atoms with E-state index in [1.54, 1.807) is 0 Å². The Labute approximate surface area is 168 Å². The monoisotopic (exact) mass is 464 g/mol. The summed E-state index contributed by atoms with van der Waals surface area (Å²) >= 11 is 6.08. The molecule has 0 amide bonds. The fraction of sp³-hybridized carbons (Fsp3) is 0.611. The standard InChI is InChI=1S/C18H29ClN4.HI/c1-4-20-18(21-12-16-8-6-10-22(2)13-16)23(3)14-15-7-5-9-17(19)11-15;/h5,7,9,11,16H,4,6,8,10,12-14H2,1-3H3,(H,20,21);1H. The average Bonchev–Trinajstić information content (AvgIpc) is 2.51. The Balaban J connectivity index is 0.00000288. The number of halogens is 2. The van der Waals surface area contributed by atoms with Gasteiger partial charge in [-0.05, 0) is 57.0 Å². The van der Waals surface area contributed by atoms with Gasteiger partial charge in [-0.15, -0.1) is 24.0 Å². The SMILES string of the molecule is CCNC(=NCC1CCCN(C)C1)N(C)Cc1cccc(Cl)c1.I. The van der Waals surface area contributed by atoms with Gasteiger partial charge in [0, 0.05) is 38.2 Å². The summed E-state index contributed by atoms with van der Waals surface area (Å²) in [7, 11) is 4.28. The minimum absolute atomic E-state index is 0. The Morgan fingerprint density at radius 3 is 2.92 bits per heavy atom. The summed E-state index contributed by atoms with van der Waals surface area (Å²) in [5.41, 5.74) is 1.20. The molecule has 0 spiro atoms. The molecule has 1 fully saturated rings. The van der Waals surface area contributed by atoms with Crippen LogP contribution in [-0.2, 0) is 6.54 Å². The highest BCUT2D eigenvalue weighted by Crippen LogP contribution is 2.16. The highest BCUT2D eigenvalue weighted by Gasteiger charge is 2.17. The smallest absolute Gasteiger partial charge is 0.193 e. The maximum Gasteiger partial charge on any atom is 0.193 e. The largest absolute Gasteiger partial charge is 0.357 e. The van der Waals surface area contributed by atoms with Crippen molar-refractivity contribution in [2.75, 3.05) is 40.3 Å². The number of guanidine groups is 1. The van der Waals surface area contributed by atoms with Crippen molar-refractivity contribution in [3.63, 3.8) is 0 Å². The number of nitrogens with zero attached hydrogens (tertiary/aromatic N) is 3. The molecular formula is C18H30ClIN4. The van der Waals surface area contributed by atoms with Crippen molar-refractivity contribution in [3.05, 3.63) is 34.9 Å². The summed E-state index contributed by atoms with van der Waals surface area (Å²) in [5, 5.41) is 4.18. The van der Waals surface area contributed by atoms with Crippen LogP contribution in [-0.4, -0.2) is 56.0 Å². The van der Waals surface area contributed by atoms with E-state index in [0.29, 0.717) is 5.92 Å². The van der Waals surface area contributed by atoms with Crippen molar-refractivity contribution in [2.24, 2.45) is 10.9 Å². The third kappa shape index (κ3) is 7.15. The van der Waals surface area contributed by atoms with Crippen LogP contribution in [0.25, 0.3) is 0 Å². The molecule has 24 heavy (non-hydrogen) atoms. The fourth-order valence-electron chi connectivity index (χ4n) is 3.09. The molecular weight excluding hydrogens is 435 g/mol. The van der Waals surface area contributed by atoms with Gasteiger partial charge in [0.1, 0.15) is 0 Å². The Morgan fingerprint density at radius 2 is 2.25 bits per heavy atom. The van der Waals surface area contributed by atoms with Crippen LogP contribution in [0.4, 0.5) is 0 Å². The number of rotatable bonds is 5. The summed E-state index contributed by atoms with van der Waals surface area (Å²) in [6, 6.07) is 8.01. The van der Waals surface area contributed by atoms with Crippen LogP contribution in [0.1, 0.15) is 25.3 Å². The molecule has 2 rings (SSSR count). The molecule has 0 radical (unpaired) electrons. The molecule has 6 heteroatoms. The summed E-state index contributed by atoms with van der Waals surface area (Å²) in [5.74, 6) is 1.64. The zero-order chi connectivity index (χ0) is 16.7. The van der Waals surface area contributed by atoms with E-state index < -0.39 is 0 Å². The van der Waals surface area contributed by atoms with Crippen molar-refractivity contribution in [3.8, 4) is 0 Å². The minimum atomic E-state index is 0. The predicted molar refractivity (Wildman–Crippen MR) is 115 cm³/mol. The number of nitrogens with one attached hydrogen (secondary N) is 1. The maximum atomic E-state index is 6.08. The van der Waals surface area contributed by atoms with E-state index in [4.69, 9.17) is 16.6 Å². The van der Waals surface area contributed by atoms with Gasteiger partial charge in [0.15, 0.2) is 5.96 Å². The number of piperidine rings is 1. The van der Waals surface area contributed by atoms with Crippen molar-refractivity contribution in [1.29, 1.82) is 0 Å². The molecule has 1 aromatic rings. The molecule has 4 nitrogen and oxygen atoms in total. The van der Waals surface area contributed by atoms with E-state index in [1.165, 1.54) is 24.9 Å². The lowest BCUT2D eigenvalue weighted by Gasteiger charge is -2.29. The van der Waals surface area contributed by atoms with Gasteiger partial charge < -0.3 is 15.1 Å². The highest BCUT2D eigenvalue weighted by molar-refractivity contribution is 14.0. The summed E-state index contributed by atoms with van der Waals surface area (Å²) in [4.78, 5) is 9.44. The van der Waals surface area contributed by atoms with Crippen molar-refractivity contribution >= 4 is 41.5 Å². The molecule has 136 valence electrons. The molecule has 0 aromatic heterocycles. The van der Waals surface area contributed by atoms with Crippen LogP contribution in [0.15, 0.2) is 29.3 Å². The maximum absolute atomic E-state index is 6.08. The second-order valence-electron chi connectivity index (χ2n) is 6.45. The van der Waals surface area contributed by atoms with Gasteiger partial charge in [0.2, 0.25) is 0 Å². The lowest BCUT2D eigenvalue weighted by atomic mass is 9.99. The molecule has 0 bridgehead atoms. The zero-order valence-corrected chi connectivity index (χ0v) is 18.1. The van der Waals surface area contributed by atoms with Gasteiger partial charge >= 0.3 is 0 Å². The second kappa shape index (κ2) is 11.2. The molecule has 1 atom stereocenters. The molecule has 0 saturated carbocycles. The van der Waals surface area contributed by atoms with Crippen LogP contribution in [0.5, 0.6) is 0 Å². The third-order valence-corrected chi connectivity index (χ3v) is 4.46. The number of hydrogen-bond acceptors (Lipinski definition) is 2. The third-order valence-electron chi connectivity index (χ3n) is 4.23. The van der Waals surface area contributed by atoms with Gasteiger partial charge in [0.05, 0.1) is 0 Å². The van der Waals surface area contributed by atoms with E-state index in [-0.39, 0.29) is 24.0 Å². The topological polar surface area (TPSA) is 30.9 Å². The lowest BCUT2D eigenvalue weighted by molar-refractivity contribution is 0.214. The van der Waals surface area contributed by atoms with Gasteiger partial charge in [-0.3, -0.25) is 4.99 Å². The average molecular weight is 465 g/mol. The first kappa shape index (κ1) is 21.5. The predicted octanol–water partition coefficient (Wildman–Crippen LogP) is 3.70. The molecule has 1 heterocycles. The van der Waals surface area contributed by atoms with E-state index >= 15 is 0 Å². The molecule has 1 aliphatic rings. The summed E-state index contributed by atoms with van der Waals surface area (Å²) < 4.78 is 0. The Kier molecular flexibility index (Phi) is 10.0. The van der Waals surface area contributed by atoms with Gasteiger partial charge in [-0.2, -0.15) is 0 Å². The van der Waals surface area contributed by atoms with Crippen LogP contribution in [0.2, 0.25) is 5.02 Å². The summed E-state index contributed by atoms with van der Waals surface area (Å²) in [6.07, 6.45) is 2.57. The van der Waals surface area contributed by atoms with E-state index in [9.17, 15) is 0 Å². The first-order valence-corrected chi connectivity index (χ1v) is 8.88. The van der Waals surface area contributed by atoms with Gasteiger partial charge in [-0.1, -0.05) is 23.7 Å². The van der Waals surface area contributed by atoms with Crippen molar-refractivity contribution in [2.45, 2.75) is 26.3 Å². The number of hydrogen-bond donors (Lipinski definition) is 1. The number of aliphatic imine (C=N–C) groups is 1. The molecule has 1 aromatic carbocycles. The molecule has 1 N–H and O–H groups in total. The van der Waals surface area contributed by atoms with Crippen LogP contribution in [0, 0.1) is 5.92 Å². The van der Waals surface area contributed by atoms with Crippen LogP contribution < -0.4 is 5.32 Å². The second-order valence-corrected chi connectivity index (χ2v) is 6.89. The number of benzene rings is 1. The van der Waals surface area contributed by atoms with E-state index in [1.807, 2.05) is 18.2 Å². The molecule has 1 unspecified atom stereocenters. The normalized spacial score (nSPS) is 18.8. The molecule has 1 aliphatic heterocycles. The fourth-order valence-corrected chi connectivity index (χ4v) is 3.30. The Hall–Kier alpha value is -0.530. The lowest BCUT2D eigenvalue weighted by Crippen LogP contribution is -2.39. The van der Waals surface area contributed by atoms with Gasteiger partial charge in [0.25, 0.3) is 0 Å². The first-order valence-electron chi connectivity index (χ1n) is 8.51. The van der Waals surface area contributed by atoms with Crippen LogP contribution >= 0.6 is 35.6 Å². The van der Waals surface area contributed by atoms with E-state index in [2.05, 4.69) is 42.2 Å². The molecule has 1 saturated heterocycles.